The minimum absolute atomic E-state index is 0.0231. The standard InChI is InChI=1S/C9H11ClO2/c10-8-6-1-2-7(5-6)9(8)11-3-4-12-9/h1-2,6-8H,3-5H2/t6-,7+,8-/m0/s1. The summed E-state index contributed by atoms with van der Waals surface area (Å²) in [4.78, 5) is 0. The molecule has 1 aliphatic heterocycles. The second-order valence-corrected chi connectivity index (χ2v) is 4.18. The maximum atomic E-state index is 6.27. The van der Waals surface area contributed by atoms with Gasteiger partial charge in [0.2, 0.25) is 0 Å². The fraction of sp³-hybridized carbons (Fsp3) is 0.778. The number of alkyl halides is 1. The molecule has 2 bridgehead atoms. The van der Waals surface area contributed by atoms with Crippen molar-refractivity contribution in [2.24, 2.45) is 11.8 Å². The lowest BCUT2D eigenvalue weighted by Crippen LogP contribution is -2.43. The predicted octanol–water partition coefficient (Wildman–Crippen LogP) is 1.54. The monoisotopic (exact) mass is 186 g/mol. The summed E-state index contributed by atoms with van der Waals surface area (Å²) in [5.74, 6) is 0.406. The maximum absolute atomic E-state index is 6.27. The molecule has 3 atom stereocenters. The van der Waals surface area contributed by atoms with Crippen molar-refractivity contribution in [3.05, 3.63) is 12.2 Å². The van der Waals surface area contributed by atoms with Crippen LogP contribution in [-0.2, 0) is 9.47 Å². The summed E-state index contributed by atoms with van der Waals surface area (Å²) in [5, 5.41) is 0.0231. The van der Waals surface area contributed by atoms with Gasteiger partial charge in [-0.1, -0.05) is 12.2 Å². The molecule has 66 valence electrons. The topological polar surface area (TPSA) is 18.5 Å². The molecule has 3 heteroatoms. The SMILES string of the molecule is Cl[C@H]1[C@H]2C=C[C@H](C2)C12OCCO2. The van der Waals surface area contributed by atoms with Gasteiger partial charge in [-0.2, -0.15) is 0 Å². The van der Waals surface area contributed by atoms with E-state index in [4.69, 9.17) is 21.1 Å². The van der Waals surface area contributed by atoms with Crippen molar-refractivity contribution in [2.75, 3.05) is 13.2 Å². The summed E-state index contributed by atoms with van der Waals surface area (Å²) in [6, 6.07) is 0. The molecule has 2 fully saturated rings. The largest absolute Gasteiger partial charge is 0.345 e. The van der Waals surface area contributed by atoms with Crippen molar-refractivity contribution >= 4 is 11.6 Å². The van der Waals surface area contributed by atoms with Gasteiger partial charge in [-0.05, 0) is 12.3 Å². The zero-order valence-electron chi connectivity index (χ0n) is 6.70. The van der Waals surface area contributed by atoms with Crippen LogP contribution in [0.15, 0.2) is 12.2 Å². The number of halogens is 1. The van der Waals surface area contributed by atoms with E-state index in [2.05, 4.69) is 12.2 Å². The summed E-state index contributed by atoms with van der Waals surface area (Å²) < 4.78 is 11.3. The Morgan fingerprint density at radius 2 is 2.00 bits per heavy atom. The summed E-state index contributed by atoms with van der Waals surface area (Å²) >= 11 is 6.27. The van der Waals surface area contributed by atoms with Gasteiger partial charge in [0, 0.05) is 5.92 Å². The molecule has 0 aromatic rings. The smallest absolute Gasteiger partial charge is 0.191 e. The Morgan fingerprint density at radius 1 is 1.25 bits per heavy atom. The van der Waals surface area contributed by atoms with Gasteiger partial charge in [-0.15, -0.1) is 11.6 Å². The molecule has 0 unspecified atom stereocenters. The number of ether oxygens (including phenoxy) is 2. The number of allylic oxidation sites excluding steroid dienone is 1. The molecule has 2 aliphatic carbocycles. The molecule has 0 aromatic heterocycles. The van der Waals surface area contributed by atoms with Crippen LogP contribution in [0.4, 0.5) is 0 Å². The van der Waals surface area contributed by atoms with E-state index in [0.717, 1.165) is 6.42 Å². The Bertz CT molecular complexity index is 233. The van der Waals surface area contributed by atoms with E-state index in [9.17, 15) is 0 Å². The van der Waals surface area contributed by atoms with E-state index in [1.807, 2.05) is 0 Å². The van der Waals surface area contributed by atoms with E-state index >= 15 is 0 Å². The summed E-state index contributed by atoms with van der Waals surface area (Å²) in [7, 11) is 0. The molecule has 0 radical (unpaired) electrons. The van der Waals surface area contributed by atoms with Crippen LogP contribution in [0.2, 0.25) is 0 Å². The Balaban J connectivity index is 2.00. The zero-order chi connectivity index (χ0) is 8.18. The van der Waals surface area contributed by atoms with Crippen molar-refractivity contribution in [2.45, 2.75) is 17.6 Å². The van der Waals surface area contributed by atoms with Crippen LogP contribution in [0.1, 0.15) is 6.42 Å². The van der Waals surface area contributed by atoms with Crippen LogP contribution in [0.3, 0.4) is 0 Å². The fourth-order valence-corrected chi connectivity index (χ4v) is 3.04. The van der Waals surface area contributed by atoms with Crippen molar-refractivity contribution < 1.29 is 9.47 Å². The third-order valence-electron chi connectivity index (χ3n) is 3.13. The minimum Gasteiger partial charge on any atom is -0.345 e. The highest BCUT2D eigenvalue weighted by Crippen LogP contribution is 2.53. The average Bonchev–Trinajstić information content (AvgIpc) is 2.75. The van der Waals surface area contributed by atoms with Gasteiger partial charge in [0.15, 0.2) is 5.79 Å². The second kappa shape index (κ2) is 2.25. The molecule has 1 saturated carbocycles. The summed E-state index contributed by atoms with van der Waals surface area (Å²) in [6.07, 6.45) is 5.49. The molecule has 0 amide bonds. The van der Waals surface area contributed by atoms with Gasteiger partial charge in [0.25, 0.3) is 0 Å². The highest BCUT2D eigenvalue weighted by atomic mass is 35.5. The van der Waals surface area contributed by atoms with Crippen molar-refractivity contribution in [1.82, 2.24) is 0 Å². The first-order valence-corrected chi connectivity index (χ1v) is 4.87. The van der Waals surface area contributed by atoms with Crippen LogP contribution in [-0.4, -0.2) is 24.4 Å². The Morgan fingerprint density at radius 3 is 2.58 bits per heavy atom. The van der Waals surface area contributed by atoms with E-state index in [-0.39, 0.29) is 5.38 Å². The molecular formula is C9H11ClO2. The molecule has 1 spiro atoms. The van der Waals surface area contributed by atoms with Crippen LogP contribution >= 0.6 is 11.6 Å². The predicted molar refractivity (Wildman–Crippen MR) is 45.0 cm³/mol. The molecular weight excluding hydrogens is 176 g/mol. The first-order valence-electron chi connectivity index (χ1n) is 4.43. The molecule has 0 aromatic carbocycles. The fourth-order valence-electron chi connectivity index (χ4n) is 2.56. The van der Waals surface area contributed by atoms with Gasteiger partial charge < -0.3 is 9.47 Å². The summed E-state index contributed by atoms with van der Waals surface area (Å²) in [6.45, 7) is 1.39. The lowest BCUT2D eigenvalue weighted by atomic mass is 10.00. The molecule has 1 saturated heterocycles. The third kappa shape index (κ3) is 0.691. The van der Waals surface area contributed by atoms with E-state index in [1.165, 1.54) is 0 Å². The van der Waals surface area contributed by atoms with Crippen molar-refractivity contribution in [3.63, 3.8) is 0 Å². The molecule has 0 N–H and O–H groups in total. The van der Waals surface area contributed by atoms with E-state index in [0.29, 0.717) is 25.0 Å². The van der Waals surface area contributed by atoms with Crippen LogP contribution in [0, 0.1) is 11.8 Å². The van der Waals surface area contributed by atoms with Crippen LogP contribution < -0.4 is 0 Å². The van der Waals surface area contributed by atoms with Gasteiger partial charge in [0.1, 0.15) is 0 Å². The molecule has 12 heavy (non-hydrogen) atoms. The maximum Gasteiger partial charge on any atom is 0.191 e. The Labute approximate surface area is 76.5 Å². The lowest BCUT2D eigenvalue weighted by molar-refractivity contribution is -0.170. The number of fused-ring (bicyclic) bond motifs is 3. The molecule has 3 aliphatic rings. The zero-order valence-corrected chi connectivity index (χ0v) is 7.46. The normalized spacial score (nSPS) is 47.9. The quantitative estimate of drug-likeness (QED) is 0.422. The van der Waals surface area contributed by atoms with E-state index < -0.39 is 5.79 Å². The van der Waals surface area contributed by atoms with Crippen molar-refractivity contribution in [3.8, 4) is 0 Å². The van der Waals surface area contributed by atoms with Gasteiger partial charge in [-0.25, -0.2) is 0 Å². The highest BCUT2D eigenvalue weighted by molar-refractivity contribution is 6.22. The average molecular weight is 187 g/mol. The van der Waals surface area contributed by atoms with Crippen LogP contribution in [0.25, 0.3) is 0 Å². The second-order valence-electron chi connectivity index (χ2n) is 3.71. The molecule has 2 nitrogen and oxygen atoms in total. The first kappa shape index (κ1) is 7.36. The third-order valence-corrected chi connectivity index (χ3v) is 3.76. The first-order chi connectivity index (χ1) is 5.83. The number of hydrogen-bond acceptors (Lipinski definition) is 2. The molecule has 3 rings (SSSR count). The van der Waals surface area contributed by atoms with Gasteiger partial charge >= 0.3 is 0 Å². The number of rotatable bonds is 0. The van der Waals surface area contributed by atoms with Gasteiger partial charge in [0.05, 0.1) is 18.6 Å². The highest BCUT2D eigenvalue weighted by Gasteiger charge is 2.59. The minimum atomic E-state index is -0.457. The molecule has 1 heterocycles. The number of hydrogen-bond donors (Lipinski definition) is 0. The van der Waals surface area contributed by atoms with E-state index in [1.54, 1.807) is 0 Å². The lowest BCUT2D eigenvalue weighted by Gasteiger charge is -2.32. The Kier molecular flexibility index (Phi) is 1.38. The van der Waals surface area contributed by atoms with Gasteiger partial charge in [-0.3, -0.25) is 0 Å². The van der Waals surface area contributed by atoms with Crippen LogP contribution in [0.5, 0.6) is 0 Å². The Hall–Kier alpha value is -0.0500. The summed E-state index contributed by atoms with van der Waals surface area (Å²) in [5.41, 5.74) is 0. The van der Waals surface area contributed by atoms with Crippen molar-refractivity contribution in [1.29, 1.82) is 0 Å².